The number of sulfonamides is 1. The fourth-order valence-electron chi connectivity index (χ4n) is 2.44. The van der Waals surface area contributed by atoms with Gasteiger partial charge in [-0.3, -0.25) is 9.52 Å². The van der Waals surface area contributed by atoms with Crippen molar-refractivity contribution in [3.05, 3.63) is 59.9 Å². The Morgan fingerprint density at radius 2 is 1.64 bits per heavy atom. The first kappa shape index (κ1) is 21.4. The van der Waals surface area contributed by atoms with Gasteiger partial charge in [0.1, 0.15) is 5.82 Å². The van der Waals surface area contributed by atoms with Crippen LogP contribution in [0.15, 0.2) is 53.4 Å². The third-order valence-electron chi connectivity index (χ3n) is 3.96. The smallest absolute Gasteiger partial charge is 0.340 e. The van der Waals surface area contributed by atoms with E-state index in [-0.39, 0.29) is 22.1 Å². The summed E-state index contributed by atoms with van der Waals surface area (Å²) in [7, 11) is -4.04. The predicted molar refractivity (Wildman–Crippen MR) is 102 cm³/mol. The Kier molecular flexibility index (Phi) is 7.11. The number of ether oxygens (including phenoxy) is 1. The molecule has 0 fully saturated rings. The number of benzene rings is 2. The molecule has 0 atom stereocenters. The standard InChI is InChI=1S/C19H21FN2O5S/c1-3-22(4-2)18(23)13-27-19(24)16-7-5-6-8-17(16)21-28(25,26)15-11-9-14(20)10-12-15/h5-12,21H,3-4,13H2,1-2H3. The highest BCUT2D eigenvalue weighted by Gasteiger charge is 2.20. The van der Waals surface area contributed by atoms with Crippen molar-refractivity contribution < 1.29 is 27.1 Å². The number of carbonyl (C=O) groups excluding carboxylic acids is 2. The van der Waals surface area contributed by atoms with E-state index >= 15 is 0 Å². The molecule has 28 heavy (non-hydrogen) atoms. The number of hydrogen-bond donors (Lipinski definition) is 1. The molecule has 2 aromatic carbocycles. The van der Waals surface area contributed by atoms with Crippen molar-refractivity contribution in [2.45, 2.75) is 18.7 Å². The van der Waals surface area contributed by atoms with Crippen molar-refractivity contribution in [3.8, 4) is 0 Å². The molecule has 0 bridgehead atoms. The van der Waals surface area contributed by atoms with E-state index in [2.05, 4.69) is 4.72 Å². The van der Waals surface area contributed by atoms with Crippen molar-refractivity contribution in [1.29, 1.82) is 0 Å². The average molecular weight is 408 g/mol. The second kappa shape index (κ2) is 9.32. The normalized spacial score (nSPS) is 11.0. The zero-order valence-corrected chi connectivity index (χ0v) is 16.3. The van der Waals surface area contributed by atoms with E-state index in [1.807, 2.05) is 13.8 Å². The molecule has 0 aliphatic rings. The molecule has 0 aliphatic heterocycles. The molecule has 0 spiro atoms. The van der Waals surface area contributed by atoms with Gasteiger partial charge in [0.2, 0.25) is 0 Å². The quantitative estimate of drug-likeness (QED) is 0.678. The van der Waals surface area contributed by atoms with Gasteiger partial charge in [-0.2, -0.15) is 0 Å². The van der Waals surface area contributed by atoms with Crippen LogP contribution >= 0.6 is 0 Å². The molecule has 7 nitrogen and oxygen atoms in total. The monoisotopic (exact) mass is 408 g/mol. The number of nitrogens with zero attached hydrogens (tertiary/aromatic N) is 1. The summed E-state index contributed by atoms with van der Waals surface area (Å²) in [6.45, 7) is 4.15. The molecule has 1 N–H and O–H groups in total. The lowest BCUT2D eigenvalue weighted by atomic mass is 10.2. The maximum Gasteiger partial charge on any atom is 0.340 e. The molecule has 0 radical (unpaired) electrons. The number of halogens is 1. The third kappa shape index (κ3) is 5.29. The minimum absolute atomic E-state index is 0.00730. The molecule has 0 saturated heterocycles. The summed E-state index contributed by atoms with van der Waals surface area (Å²) < 4.78 is 45.3. The topological polar surface area (TPSA) is 92.8 Å². The first-order chi connectivity index (χ1) is 13.3. The van der Waals surface area contributed by atoms with Gasteiger partial charge in [-0.1, -0.05) is 12.1 Å². The van der Waals surface area contributed by atoms with Gasteiger partial charge in [-0.25, -0.2) is 17.6 Å². The van der Waals surface area contributed by atoms with E-state index in [9.17, 15) is 22.4 Å². The van der Waals surface area contributed by atoms with Crippen LogP contribution in [-0.4, -0.2) is 44.9 Å². The Labute approximate surface area is 163 Å². The van der Waals surface area contributed by atoms with E-state index in [0.29, 0.717) is 13.1 Å². The number of esters is 1. The van der Waals surface area contributed by atoms with Gasteiger partial charge in [0, 0.05) is 13.1 Å². The summed E-state index contributed by atoms with van der Waals surface area (Å²) in [5.74, 6) is -1.75. The molecule has 0 unspecified atom stereocenters. The van der Waals surface area contributed by atoms with Gasteiger partial charge in [0.25, 0.3) is 15.9 Å². The zero-order valence-electron chi connectivity index (χ0n) is 15.5. The van der Waals surface area contributed by atoms with Crippen LogP contribution in [0, 0.1) is 5.82 Å². The van der Waals surface area contributed by atoms with Crippen molar-refractivity contribution in [2.75, 3.05) is 24.4 Å². The molecular formula is C19H21FN2O5S. The SMILES string of the molecule is CCN(CC)C(=O)COC(=O)c1ccccc1NS(=O)(=O)c1ccc(F)cc1. The van der Waals surface area contributed by atoms with Crippen LogP contribution in [0.25, 0.3) is 0 Å². The zero-order chi connectivity index (χ0) is 20.7. The van der Waals surface area contributed by atoms with Crippen molar-refractivity contribution >= 4 is 27.6 Å². The fraction of sp³-hybridized carbons (Fsp3) is 0.263. The Morgan fingerprint density at radius 3 is 2.25 bits per heavy atom. The molecule has 0 saturated carbocycles. The highest BCUT2D eigenvalue weighted by Crippen LogP contribution is 2.21. The molecule has 2 rings (SSSR count). The van der Waals surface area contributed by atoms with Gasteiger partial charge in [-0.05, 0) is 50.2 Å². The fourth-order valence-corrected chi connectivity index (χ4v) is 3.52. The number of likely N-dealkylation sites (N-methyl/N-ethyl adjacent to an activating group) is 1. The highest BCUT2D eigenvalue weighted by molar-refractivity contribution is 7.92. The second-order valence-electron chi connectivity index (χ2n) is 5.75. The Hall–Kier alpha value is -2.94. The van der Waals surface area contributed by atoms with Gasteiger partial charge >= 0.3 is 5.97 Å². The first-order valence-corrected chi connectivity index (χ1v) is 10.1. The van der Waals surface area contributed by atoms with Crippen LogP contribution in [-0.2, 0) is 19.6 Å². The summed E-state index contributed by atoms with van der Waals surface area (Å²) in [4.78, 5) is 25.7. The summed E-state index contributed by atoms with van der Waals surface area (Å²) in [6, 6.07) is 10.1. The van der Waals surface area contributed by atoms with E-state index in [1.165, 1.54) is 17.0 Å². The van der Waals surface area contributed by atoms with Crippen molar-refractivity contribution in [2.24, 2.45) is 0 Å². The van der Waals surface area contributed by atoms with E-state index in [4.69, 9.17) is 4.74 Å². The summed E-state index contributed by atoms with van der Waals surface area (Å²) in [5.41, 5.74) is -0.0485. The van der Waals surface area contributed by atoms with Crippen molar-refractivity contribution in [1.82, 2.24) is 4.90 Å². The van der Waals surface area contributed by atoms with Gasteiger partial charge in [-0.15, -0.1) is 0 Å². The van der Waals surface area contributed by atoms with Crippen LogP contribution < -0.4 is 4.72 Å². The molecule has 1 amide bonds. The minimum Gasteiger partial charge on any atom is -0.452 e. The van der Waals surface area contributed by atoms with Crippen LogP contribution in [0.3, 0.4) is 0 Å². The number of anilines is 1. The molecule has 0 aliphatic carbocycles. The number of nitrogens with one attached hydrogen (secondary N) is 1. The Bertz CT molecular complexity index is 941. The summed E-state index contributed by atoms with van der Waals surface area (Å²) in [6.07, 6.45) is 0. The number of rotatable bonds is 8. The number of hydrogen-bond acceptors (Lipinski definition) is 5. The van der Waals surface area contributed by atoms with Crippen LogP contribution in [0.5, 0.6) is 0 Å². The lowest BCUT2D eigenvalue weighted by Crippen LogP contribution is -2.34. The number of amides is 1. The molecule has 9 heteroatoms. The lowest BCUT2D eigenvalue weighted by Gasteiger charge is -2.18. The largest absolute Gasteiger partial charge is 0.452 e. The molecule has 0 heterocycles. The van der Waals surface area contributed by atoms with E-state index in [1.54, 1.807) is 12.1 Å². The summed E-state index contributed by atoms with van der Waals surface area (Å²) in [5, 5.41) is 0. The molecule has 0 aromatic heterocycles. The maximum absolute atomic E-state index is 13.0. The van der Waals surface area contributed by atoms with E-state index in [0.717, 1.165) is 24.3 Å². The molecule has 150 valence electrons. The summed E-state index contributed by atoms with van der Waals surface area (Å²) >= 11 is 0. The van der Waals surface area contributed by atoms with Crippen LogP contribution in [0.1, 0.15) is 24.2 Å². The van der Waals surface area contributed by atoms with Crippen LogP contribution in [0.2, 0.25) is 0 Å². The van der Waals surface area contributed by atoms with E-state index < -0.39 is 28.4 Å². The average Bonchev–Trinajstić information content (AvgIpc) is 2.67. The molecule has 2 aromatic rings. The van der Waals surface area contributed by atoms with Gasteiger partial charge < -0.3 is 9.64 Å². The van der Waals surface area contributed by atoms with Gasteiger partial charge in [0.15, 0.2) is 6.61 Å². The lowest BCUT2D eigenvalue weighted by molar-refractivity contribution is -0.134. The third-order valence-corrected chi connectivity index (χ3v) is 5.34. The molecular weight excluding hydrogens is 387 g/mol. The first-order valence-electron chi connectivity index (χ1n) is 8.60. The minimum atomic E-state index is -4.04. The van der Waals surface area contributed by atoms with Crippen molar-refractivity contribution in [3.63, 3.8) is 0 Å². The maximum atomic E-state index is 13.0. The van der Waals surface area contributed by atoms with Gasteiger partial charge in [0.05, 0.1) is 16.1 Å². The predicted octanol–water partition coefficient (Wildman–Crippen LogP) is 2.65. The number of para-hydroxylation sites is 1. The number of carbonyl (C=O) groups is 2. The highest BCUT2D eigenvalue weighted by atomic mass is 32.2. The van der Waals surface area contributed by atoms with Crippen LogP contribution in [0.4, 0.5) is 10.1 Å². The Balaban J connectivity index is 2.17. The second-order valence-corrected chi connectivity index (χ2v) is 7.43. The Morgan fingerprint density at radius 1 is 1.04 bits per heavy atom.